The third-order valence-electron chi connectivity index (χ3n) is 5.54. The number of carbonyl (C=O) groups is 1. The van der Waals surface area contributed by atoms with Gasteiger partial charge >= 0.3 is 0 Å². The average molecular weight is 406 g/mol. The van der Waals surface area contributed by atoms with Crippen LogP contribution in [0.4, 0.5) is 0 Å². The zero-order chi connectivity index (χ0) is 20.0. The second-order valence-corrected chi connectivity index (χ2v) is 9.73. The van der Waals surface area contributed by atoms with Crippen LogP contribution in [0.3, 0.4) is 0 Å². The first-order valence-corrected chi connectivity index (χ1v) is 12.0. The first-order valence-electron chi connectivity index (χ1n) is 10.1. The predicted molar refractivity (Wildman–Crippen MR) is 112 cm³/mol. The van der Waals surface area contributed by atoms with Gasteiger partial charge in [-0.3, -0.25) is 9.69 Å². The van der Waals surface area contributed by atoms with Crippen LogP contribution in [0.2, 0.25) is 0 Å². The van der Waals surface area contributed by atoms with Crippen molar-refractivity contribution in [2.75, 3.05) is 39.0 Å². The van der Waals surface area contributed by atoms with E-state index in [9.17, 15) is 13.2 Å². The Hall–Kier alpha value is -1.70. The summed E-state index contributed by atoms with van der Waals surface area (Å²) >= 11 is 0. The topological polar surface area (TPSA) is 69.7 Å². The summed E-state index contributed by atoms with van der Waals surface area (Å²) in [6.07, 6.45) is 9.43. The Kier molecular flexibility index (Phi) is 7.26. The number of nitrogens with one attached hydrogen (secondary N) is 1. The maximum atomic E-state index is 12.3. The first kappa shape index (κ1) is 21.0. The molecule has 0 aromatic heterocycles. The minimum Gasteiger partial charge on any atom is -0.352 e. The predicted octanol–water partition coefficient (Wildman–Crippen LogP) is 2.38. The summed E-state index contributed by atoms with van der Waals surface area (Å²) in [5.74, 6) is -0.0234. The smallest absolute Gasteiger partial charge is 0.251 e. The molecule has 1 saturated heterocycles. The summed E-state index contributed by atoms with van der Waals surface area (Å²) < 4.78 is 24.7. The number of allylic oxidation sites excluding steroid dienone is 1. The van der Waals surface area contributed by atoms with Crippen LogP contribution >= 0.6 is 0 Å². The highest BCUT2D eigenvalue weighted by Crippen LogP contribution is 2.19. The van der Waals surface area contributed by atoms with E-state index in [1.54, 1.807) is 0 Å². The van der Waals surface area contributed by atoms with Crippen molar-refractivity contribution in [3.63, 3.8) is 0 Å². The highest BCUT2D eigenvalue weighted by molar-refractivity contribution is 7.88. The van der Waals surface area contributed by atoms with E-state index in [4.69, 9.17) is 0 Å². The monoisotopic (exact) mass is 405 g/mol. The van der Waals surface area contributed by atoms with Gasteiger partial charge in [0.2, 0.25) is 10.0 Å². The molecule has 1 aromatic carbocycles. The lowest BCUT2D eigenvalue weighted by Crippen LogP contribution is -2.47. The van der Waals surface area contributed by atoms with E-state index >= 15 is 0 Å². The fourth-order valence-corrected chi connectivity index (χ4v) is 4.64. The van der Waals surface area contributed by atoms with Crippen LogP contribution < -0.4 is 5.32 Å². The van der Waals surface area contributed by atoms with Crippen LogP contribution in [0, 0.1) is 0 Å². The Morgan fingerprint density at radius 3 is 2.39 bits per heavy atom. The number of rotatable bonds is 7. The molecule has 0 bridgehead atoms. The highest BCUT2D eigenvalue weighted by atomic mass is 32.2. The molecular weight excluding hydrogens is 374 g/mol. The molecule has 0 spiro atoms. The lowest BCUT2D eigenvalue weighted by Gasteiger charge is -2.33. The number of nitrogens with zero attached hydrogens (tertiary/aromatic N) is 2. The lowest BCUT2D eigenvalue weighted by molar-refractivity contribution is 0.0954. The first-order chi connectivity index (χ1) is 13.4. The largest absolute Gasteiger partial charge is 0.352 e. The molecule has 1 aliphatic carbocycles. The lowest BCUT2D eigenvalue weighted by atomic mass is 9.97. The third-order valence-corrected chi connectivity index (χ3v) is 6.84. The van der Waals surface area contributed by atoms with Crippen LogP contribution in [0.1, 0.15) is 48.0 Å². The molecule has 6 nitrogen and oxygen atoms in total. The van der Waals surface area contributed by atoms with Gasteiger partial charge in [0.1, 0.15) is 0 Å². The molecule has 2 aliphatic rings. The van der Waals surface area contributed by atoms with Gasteiger partial charge < -0.3 is 5.32 Å². The Balaban J connectivity index is 1.43. The molecule has 7 heteroatoms. The summed E-state index contributed by atoms with van der Waals surface area (Å²) in [5, 5.41) is 3.01. The van der Waals surface area contributed by atoms with E-state index in [0.29, 0.717) is 25.2 Å². The number of hydrogen-bond donors (Lipinski definition) is 1. The summed E-state index contributed by atoms with van der Waals surface area (Å²) in [7, 11) is -3.09. The normalized spacial score (nSPS) is 19.2. The molecule has 154 valence electrons. The Bertz CT molecular complexity index is 795. The SMILES string of the molecule is CS(=O)(=O)N1CCN(Cc2ccc(C(=O)NCCC3=CCCCC3)cc2)CC1. The number of benzene rings is 1. The number of carbonyl (C=O) groups excluding carboxylic acids is 1. The van der Waals surface area contributed by atoms with Crippen LogP contribution in [-0.4, -0.2) is 62.5 Å². The summed E-state index contributed by atoms with van der Waals surface area (Å²) in [6.45, 7) is 3.99. The molecule has 0 radical (unpaired) electrons. The molecule has 3 rings (SSSR count). The van der Waals surface area contributed by atoms with Crippen molar-refractivity contribution >= 4 is 15.9 Å². The van der Waals surface area contributed by atoms with Gasteiger partial charge in [0.25, 0.3) is 5.91 Å². The minimum atomic E-state index is -3.09. The van der Waals surface area contributed by atoms with Crippen LogP contribution in [-0.2, 0) is 16.6 Å². The zero-order valence-electron chi connectivity index (χ0n) is 16.7. The van der Waals surface area contributed by atoms with Gasteiger partial charge in [-0.25, -0.2) is 8.42 Å². The van der Waals surface area contributed by atoms with Crippen molar-refractivity contribution < 1.29 is 13.2 Å². The van der Waals surface area contributed by atoms with Crippen molar-refractivity contribution in [2.45, 2.75) is 38.6 Å². The van der Waals surface area contributed by atoms with E-state index < -0.39 is 10.0 Å². The maximum absolute atomic E-state index is 12.3. The number of hydrogen-bond acceptors (Lipinski definition) is 4. The quantitative estimate of drug-likeness (QED) is 0.707. The fraction of sp³-hybridized carbons (Fsp3) is 0.571. The van der Waals surface area contributed by atoms with Crippen LogP contribution in [0.15, 0.2) is 35.9 Å². The molecule has 1 fully saturated rings. The van der Waals surface area contributed by atoms with Gasteiger partial charge in [-0.2, -0.15) is 4.31 Å². The van der Waals surface area contributed by atoms with Crippen LogP contribution in [0.5, 0.6) is 0 Å². The number of piperazine rings is 1. The summed E-state index contributed by atoms with van der Waals surface area (Å²) in [5.41, 5.74) is 3.29. The molecule has 0 unspecified atom stereocenters. The summed E-state index contributed by atoms with van der Waals surface area (Å²) in [4.78, 5) is 14.6. The molecule has 0 atom stereocenters. The number of sulfonamides is 1. The maximum Gasteiger partial charge on any atom is 0.251 e. The van der Waals surface area contributed by atoms with E-state index in [1.165, 1.54) is 41.8 Å². The van der Waals surface area contributed by atoms with Gasteiger partial charge in [-0.1, -0.05) is 23.8 Å². The van der Waals surface area contributed by atoms with Gasteiger partial charge in [0.05, 0.1) is 6.26 Å². The van der Waals surface area contributed by atoms with Crippen LogP contribution in [0.25, 0.3) is 0 Å². The van der Waals surface area contributed by atoms with Gasteiger partial charge in [0, 0.05) is 44.8 Å². The molecule has 0 saturated carbocycles. The zero-order valence-corrected chi connectivity index (χ0v) is 17.5. The molecule has 1 heterocycles. The van der Waals surface area contributed by atoms with E-state index in [2.05, 4.69) is 16.3 Å². The molecule has 28 heavy (non-hydrogen) atoms. The van der Waals surface area contributed by atoms with Gasteiger partial charge in [0.15, 0.2) is 0 Å². The van der Waals surface area contributed by atoms with Crippen molar-refractivity contribution in [3.05, 3.63) is 47.0 Å². The Morgan fingerprint density at radius 2 is 1.79 bits per heavy atom. The van der Waals surface area contributed by atoms with E-state index in [0.717, 1.165) is 31.6 Å². The molecule has 1 aromatic rings. The Labute approximate surface area is 168 Å². The average Bonchev–Trinajstić information content (AvgIpc) is 2.69. The van der Waals surface area contributed by atoms with E-state index in [-0.39, 0.29) is 5.91 Å². The summed E-state index contributed by atoms with van der Waals surface area (Å²) in [6, 6.07) is 7.72. The fourth-order valence-electron chi connectivity index (χ4n) is 3.81. The minimum absolute atomic E-state index is 0.0234. The van der Waals surface area contributed by atoms with Crippen molar-refractivity contribution in [2.24, 2.45) is 0 Å². The Morgan fingerprint density at radius 1 is 1.07 bits per heavy atom. The van der Waals surface area contributed by atoms with Gasteiger partial charge in [-0.15, -0.1) is 0 Å². The van der Waals surface area contributed by atoms with Crippen molar-refractivity contribution in [1.82, 2.24) is 14.5 Å². The van der Waals surface area contributed by atoms with Crippen molar-refractivity contribution in [3.8, 4) is 0 Å². The second-order valence-electron chi connectivity index (χ2n) is 7.75. The van der Waals surface area contributed by atoms with Crippen molar-refractivity contribution in [1.29, 1.82) is 0 Å². The highest BCUT2D eigenvalue weighted by Gasteiger charge is 2.23. The second kappa shape index (κ2) is 9.67. The number of amides is 1. The molecule has 1 N–H and O–H groups in total. The molecular formula is C21H31N3O3S. The van der Waals surface area contributed by atoms with E-state index in [1.807, 2.05) is 24.3 Å². The molecule has 1 amide bonds. The third kappa shape index (κ3) is 6.15. The molecule has 1 aliphatic heterocycles. The standard InChI is InChI=1S/C21H31N3O3S/c1-28(26,27)24-15-13-23(14-16-24)17-19-7-9-20(10-8-19)21(25)22-12-11-18-5-3-2-4-6-18/h5,7-10H,2-4,6,11-17H2,1H3,(H,22,25). The van der Waals surface area contributed by atoms with Gasteiger partial charge in [-0.05, 0) is 49.8 Å².